The molecule has 2 aromatic rings. The molecule has 156 valence electrons. The molecule has 4 aliphatic rings. The molecule has 1 unspecified atom stereocenters. The van der Waals surface area contributed by atoms with Gasteiger partial charge in [-0.3, -0.25) is 4.79 Å². The summed E-state index contributed by atoms with van der Waals surface area (Å²) >= 11 is 0. The molecule has 0 spiro atoms. The van der Waals surface area contributed by atoms with Gasteiger partial charge in [-0.05, 0) is 63.5 Å². The third-order valence-electron chi connectivity index (χ3n) is 7.51. The number of anilines is 1. The van der Waals surface area contributed by atoms with Gasteiger partial charge in [0.25, 0.3) is 0 Å². The van der Waals surface area contributed by atoms with Crippen molar-refractivity contribution in [1.82, 2.24) is 24.6 Å². The fourth-order valence-electron chi connectivity index (χ4n) is 5.89. The van der Waals surface area contributed by atoms with Crippen LogP contribution >= 0.6 is 0 Å². The van der Waals surface area contributed by atoms with E-state index in [1.165, 1.54) is 45.2 Å². The third-order valence-corrected chi connectivity index (χ3v) is 7.51. The van der Waals surface area contributed by atoms with Crippen molar-refractivity contribution in [3.63, 3.8) is 0 Å². The van der Waals surface area contributed by atoms with Gasteiger partial charge in [0, 0.05) is 6.54 Å². The number of amides is 1. The average molecular weight is 397 g/mol. The fraction of sp³-hybridized carbons (Fsp3) is 0.727. The van der Waals surface area contributed by atoms with E-state index in [1.807, 2.05) is 4.68 Å². The van der Waals surface area contributed by atoms with Gasteiger partial charge in [0.05, 0.1) is 23.5 Å². The Hall–Kier alpha value is -2.02. The smallest absolute Gasteiger partial charge is 0.231 e. The molecule has 7 heteroatoms. The van der Waals surface area contributed by atoms with Gasteiger partial charge < -0.3 is 10.2 Å². The molecule has 1 N–H and O–H groups in total. The molecule has 2 aromatic heterocycles. The van der Waals surface area contributed by atoms with Gasteiger partial charge >= 0.3 is 0 Å². The summed E-state index contributed by atoms with van der Waals surface area (Å²) in [6.07, 6.45) is 12.9. The van der Waals surface area contributed by atoms with E-state index in [9.17, 15) is 4.79 Å². The van der Waals surface area contributed by atoms with E-state index in [0.717, 1.165) is 49.3 Å². The number of fused-ring (bicyclic) bond motifs is 3. The molecule has 4 fully saturated rings. The standard InChI is InChI=1S/C22H32N6O/c1-2-16-10-17-12-22(11-16,13-17)21(29)26-19-18-14-25-28(20(18)24-15-23-19)9-8-27-6-4-3-5-7-27/h14-17H,2-13H2,1H3,(H,23,24,26,29). The van der Waals surface area contributed by atoms with Crippen molar-refractivity contribution < 1.29 is 4.79 Å². The molecule has 3 heterocycles. The van der Waals surface area contributed by atoms with Gasteiger partial charge in [-0.1, -0.05) is 19.8 Å². The highest BCUT2D eigenvalue weighted by molar-refractivity contribution is 6.01. The zero-order chi connectivity index (χ0) is 19.8. The highest BCUT2D eigenvalue weighted by Gasteiger charge is 2.54. The molecule has 0 aromatic carbocycles. The van der Waals surface area contributed by atoms with E-state index in [2.05, 4.69) is 32.2 Å². The topological polar surface area (TPSA) is 75.9 Å². The molecule has 1 atom stereocenters. The fourth-order valence-corrected chi connectivity index (χ4v) is 5.89. The normalized spacial score (nSPS) is 29.6. The summed E-state index contributed by atoms with van der Waals surface area (Å²) < 4.78 is 1.95. The maximum Gasteiger partial charge on any atom is 0.231 e. The SMILES string of the molecule is CCC1CC2CC(C(=O)Nc3ncnc4c3cnn4CCN3CCCCC3)(C1)C2. The molecule has 29 heavy (non-hydrogen) atoms. The number of likely N-dealkylation sites (tertiary alicyclic amines) is 1. The molecule has 1 aliphatic heterocycles. The summed E-state index contributed by atoms with van der Waals surface area (Å²) in [5.41, 5.74) is 0.636. The Bertz CT molecular complexity index is 881. The van der Waals surface area contributed by atoms with Crippen LogP contribution in [0.25, 0.3) is 11.0 Å². The first kappa shape index (κ1) is 19.0. The minimum atomic E-state index is -0.175. The van der Waals surface area contributed by atoms with Crippen molar-refractivity contribution in [2.45, 2.75) is 64.8 Å². The zero-order valence-corrected chi connectivity index (χ0v) is 17.4. The second-order valence-electron chi connectivity index (χ2n) is 9.45. The molecular formula is C22H32N6O. The number of carbonyl (C=O) groups is 1. The largest absolute Gasteiger partial charge is 0.309 e. The van der Waals surface area contributed by atoms with Crippen molar-refractivity contribution in [2.24, 2.45) is 17.3 Å². The Morgan fingerprint density at radius 3 is 2.79 bits per heavy atom. The molecule has 7 nitrogen and oxygen atoms in total. The van der Waals surface area contributed by atoms with Gasteiger partial charge in [-0.25, -0.2) is 14.6 Å². The molecule has 3 aliphatic carbocycles. The van der Waals surface area contributed by atoms with E-state index in [-0.39, 0.29) is 11.3 Å². The highest BCUT2D eigenvalue weighted by atomic mass is 16.2. The van der Waals surface area contributed by atoms with Crippen LogP contribution in [0.5, 0.6) is 0 Å². The third kappa shape index (κ3) is 3.54. The zero-order valence-electron chi connectivity index (χ0n) is 17.4. The van der Waals surface area contributed by atoms with Crippen LogP contribution in [0, 0.1) is 17.3 Å². The number of nitrogens with one attached hydrogen (secondary N) is 1. The molecule has 2 bridgehead atoms. The first-order valence-corrected chi connectivity index (χ1v) is 11.4. The van der Waals surface area contributed by atoms with E-state index in [1.54, 1.807) is 12.5 Å². The maximum absolute atomic E-state index is 13.2. The van der Waals surface area contributed by atoms with Gasteiger partial charge in [-0.15, -0.1) is 0 Å². The number of aromatic nitrogens is 4. The minimum absolute atomic E-state index is 0.146. The lowest BCUT2D eigenvalue weighted by Crippen LogP contribution is -2.52. The molecule has 3 saturated carbocycles. The summed E-state index contributed by atoms with van der Waals surface area (Å²) in [7, 11) is 0. The summed E-state index contributed by atoms with van der Waals surface area (Å²) in [5, 5.41) is 8.53. The summed E-state index contributed by atoms with van der Waals surface area (Å²) in [6.45, 7) is 6.41. The van der Waals surface area contributed by atoms with Crippen molar-refractivity contribution in [2.75, 3.05) is 25.0 Å². The Morgan fingerprint density at radius 1 is 1.17 bits per heavy atom. The lowest BCUT2D eigenvalue weighted by atomic mass is 9.50. The second-order valence-corrected chi connectivity index (χ2v) is 9.45. The number of nitrogens with zero attached hydrogens (tertiary/aromatic N) is 5. The van der Waals surface area contributed by atoms with Crippen LogP contribution in [0.1, 0.15) is 58.3 Å². The number of piperidine rings is 1. The Kier molecular flexibility index (Phi) is 5.02. The van der Waals surface area contributed by atoms with Crippen molar-refractivity contribution in [1.29, 1.82) is 0 Å². The molecule has 1 saturated heterocycles. The van der Waals surface area contributed by atoms with Crippen molar-refractivity contribution in [3.05, 3.63) is 12.5 Å². The molecule has 0 radical (unpaired) electrons. The van der Waals surface area contributed by atoms with Gasteiger partial charge in [0.1, 0.15) is 12.1 Å². The van der Waals surface area contributed by atoms with Crippen LogP contribution in [0.3, 0.4) is 0 Å². The summed E-state index contributed by atoms with van der Waals surface area (Å²) in [6, 6.07) is 0. The monoisotopic (exact) mass is 396 g/mol. The van der Waals surface area contributed by atoms with Crippen LogP contribution in [0.15, 0.2) is 12.5 Å². The van der Waals surface area contributed by atoms with Gasteiger partial charge in [0.2, 0.25) is 5.91 Å². The van der Waals surface area contributed by atoms with Crippen molar-refractivity contribution in [3.8, 4) is 0 Å². The maximum atomic E-state index is 13.2. The Balaban J connectivity index is 1.29. The summed E-state index contributed by atoms with van der Waals surface area (Å²) in [5.74, 6) is 2.19. The van der Waals surface area contributed by atoms with Gasteiger partial charge in [0.15, 0.2) is 5.65 Å². The van der Waals surface area contributed by atoms with E-state index < -0.39 is 0 Å². The Labute approximate surface area is 172 Å². The number of rotatable bonds is 6. The first-order chi connectivity index (χ1) is 14.2. The van der Waals surface area contributed by atoms with Crippen LogP contribution in [-0.4, -0.2) is 50.2 Å². The highest BCUT2D eigenvalue weighted by Crippen LogP contribution is 2.58. The van der Waals surface area contributed by atoms with Crippen LogP contribution < -0.4 is 5.32 Å². The predicted molar refractivity (Wildman–Crippen MR) is 112 cm³/mol. The predicted octanol–water partition coefficient (Wildman–Crippen LogP) is 3.47. The van der Waals surface area contributed by atoms with Crippen LogP contribution in [-0.2, 0) is 11.3 Å². The van der Waals surface area contributed by atoms with Crippen molar-refractivity contribution >= 4 is 22.8 Å². The van der Waals surface area contributed by atoms with Gasteiger partial charge in [-0.2, -0.15) is 5.10 Å². The van der Waals surface area contributed by atoms with E-state index >= 15 is 0 Å². The second kappa shape index (κ2) is 7.67. The minimum Gasteiger partial charge on any atom is -0.309 e. The van der Waals surface area contributed by atoms with E-state index in [0.29, 0.717) is 11.7 Å². The average Bonchev–Trinajstić information content (AvgIpc) is 3.16. The number of hydrogen-bond acceptors (Lipinski definition) is 5. The first-order valence-electron chi connectivity index (χ1n) is 11.4. The number of carbonyl (C=O) groups excluding carboxylic acids is 1. The number of hydrogen-bond donors (Lipinski definition) is 1. The van der Waals surface area contributed by atoms with E-state index in [4.69, 9.17) is 0 Å². The Morgan fingerprint density at radius 2 is 2.00 bits per heavy atom. The summed E-state index contributed by atoms with van der Waals surface area (Å²) in [4.78, 5) is 24.5. The lowest BCUT2D eigenvalue weighted by molar-refractivity contribution is -0.142. The van der Waals surface area contributed by atoms with Crippen LogP contribution in [0.4, 0.5) is 5.82 Å². The molecular weight excluding hydrogens is 364 g/mol. The lowest BCUT2D eigenvalue weighted by Gasteiger charge is -2.53. The quantitative estimate of drug-likeness (QED) is 0.809. The molecule has 1 amide bonds. The molecule has 6 rings (SSSR count). The van der Waals surface area contributed by atoms with Crippen LogP contribution in [0.2, 0.25) is 0 Å².